The van der Waals surface area contributed by atoms with Crippen LogP contribution in [0.3, 0.4) is 0 Å². The fourth-order valence-corrected chi connectivity index (χ4v) is 2.45. The van der Waals surface area contributed by atoms with Crippen LogP contribution in [0, 0.1) is 0 Å². The van der Waals surface area contributed by atoms with Gasteiger partial charge in [-0.15, -0.1) is 0 Å². The highest BCUT2D eigenvalue weighted by atomic mass is 35.5. The highest BCUT2D eigenvalue weighted by Crippen LogP contribution is 2.37. The fraction of sp³-hybridized carbons (Fsp3) is 0.200. The molecule has 0 radical (unpaired) electrons. The van der Waals surface area contributed by atoms with E-state index in [-0.39, 0.29) is 13.3 Å². The van der Waals surface area contributed by atoms with Crippen LogP contribution in [0.1, 0.15) is 11.1 Å². The summed E-state index contributed by atoms with van der Waals surface area (Å²) >= 11 is 5.92. The molecule has 104 valence electrons. The molecule has 3 rings (SSSR count). The third kappa shape index (κ3) is 2.12. The van der Waals surface area contributed by atoms with Crippen LogP contribution in [0.5, 0.6) is 11.5 Å². The first-order valence-corrected chi connectivity index (χ1v) is 6.66. The van der Waals surface area contributed by atoms with Crippen LogP contribution < -0.4 is 20.9 Å². The molecule has 0 saturated carbocycles. The van der Waals surface area contributed by atoms with Gasteiger partial charge in [0.05, 0.1) is 5.54 Å². The Balaban J connectivity index is 2.06. The summed E-state index contributed by atoms with van der Waals surface area (Å²) in [6.07, 6.45) is 0. The Labute approximate surface area is 122 Å². The van der Waals surface area contributed by atoms with Crippen LogP contribution in [0.2, 0.25) is 5.02 Å². The van der Waals surface area contributed by atoms with Crippen molar-refractivity contribution in [2.75, 3.05) is 13.3 Å². The van der Waals surface area contributed by atoms with E-state index in [1.165, 1.54) is 0 Å². The van der Waals surface area contributed by atoms with Gasteiger partial charge in [0.1, 0.15) is 0 Å². The van der Waals surface area contributed by atoms with E-state index in [1.54, 1.807) is 12.1 Å². The summed E-state index contributed by atoms with van der Waals surface area (Å²) in [5.74, 6) is 1.42. The first-order chi connectivity index (χ1) is 9.63. The number of hydrogen-bond acceptors (Lipinski definition) is 4. The number of benzene rings is 2. The second kappa shape index (κ2) is 4.98. The van der Waals surface area contributed by atoms with Crippen molar-refractivity contribution in [1.29, 1.82) is 0 Å². The Kier molecular flexibility index (Phi) is 3.30. The van der Waals surface area contributed by atoms with E-state index >= 15 is 0 Å². The van der Waals surface area contributed by atoms with Gasteiger partial charge < -0.3 is 20.9 Å². The summed E-state index contributed by atoms with van der Waals surface area (Å²) < 4.78 is 10.7. The van der Waals surface area contributed by atoms with Gasteiger partial charge in [-0.2, -0.15) is 0 Å². The zero-order valence-corrected chi connectivity index (χ0v) is 11.6. The van der Waals surface area contributed by atoms with Crippen LogP contribution in [0.4, 0.5) is 0 Å². The standard InChI is InChI=1S/C15H15ClN2O2/c16-12-4-1-10(2-5-12)15(18,8-17)11-3-6-13-14(7-11)20-9-19-13/h1-7H,8-9,17-18H2. The maximum absolute atomic E-state index is 6.52. The predicted octanol–water partition coefficient (Wildman–Crippen LogP) is 2.23. The number of rotatable bonds is 3. The molecule has 4 nitrogen and oxygen atoms in total. The van der Waals surface area contributed by atoms with Gasteiger partial charge in [0.2, 0.25) is 6.79 Å². The molecule has 5 heteroatoms. The molecule has 0 aliphatic carbocycles. The van der Waals surface area contributed by atoms with Gasteiger partial charge >= 0.3 is 0 Å². The maximum atomic E-state index is 6.52. The molecule has 1 unspecified atom stereocenters. The molecule has 0 spiro atoms. The fourth-order valence-electron chi connectivity index (χ4n) is 2.32. The van der Waals surface area contributed by atoms with Crippen molar-refractivity contribution in [1.82, 2.24) is 0 Å². The summed E-state index contributed by atoms with van der Waals surface area (Å²) in [7, 11) is 0. The Hall–Kier alpha value is -1.75. The first-order valence-electron chi connectivity index (χ1n) is 6.28. The topological polar surface area (TPSA) is 70.5 Å². The average molecular weight is 291 g/mol. The van der Waals surface area contributed by atoms with Crippen LogP contribution in [-0.4, -0.2) is 13.3 Å². The van der Waals surface area contributed by atoms with Crippen LogP contribution >= 0.6 is 11.6 Å². The predicted molar refractivity (Wildman–Crippen MR) is 78.0 cm³/mol. The summed E-state index contributed by atoms with van der Waals surface area (Å²) in [4.78, 5) is 0. The Morgan fingerprint density at radius 3 is 2.35 bits per heavy atom. The zero-order valence-electron chi connectivity index (χ0n) is 10.8. The van der Waals surface area contributed by atoms with Crippen molar-refractivity contribution in [3.05, 3.63) is 58.6 Å². The first kappa shape index (κ1) is 13.2. The molecule has 1 aliphatic rings. The molecule has 4 N–H and O–H groups in total. The molecule has 1 atom stereocenters. The minimum atomic E-state index is -0.786. The lowest BCUT2D eigenvalue weighted by atomic mass is 9.83. The van der Waals surface area contributed by atoms with Gasteiger partial charge in [-0.05, 0) is 35.4 Å². The van der Waals surface area contributed by atoms with Crippen molar-refractivity contribution in [3.63, 3.8) is 0 Å². The van der Waals surface area contributed by atoms with Crippen molar-refractivity contribution in [2.24, 2.45) is 11.5 Å². The summed E-state index contributed by atoms with van der Waals surface area (Å²) in [5.41, 5.74) is 13.4. The molecule has 1 heterocycles. The molecule has 20 heavy (non-hydrogen) atoms. The molecule has 2 aromatic rings. The van der Waals surface area contributed by atoms with Crippen molar-refractivity contribution >= 4 is 11.6 Å². The molecule has 0 saturated heterocycles. The van der Waals surface area contributed by atoms with Crippen LogP contribution in [0.15, 0.2) is 42.5 Å². The average Bonchev–Trinajstić information content (AvgIpc) is 2.94. The minimum absolute atomic E-state index is 0.236. The van der Waals surface area contributed by atoms with Gasteiger partial charge in [-0.25, -0.2) is 0 Å². The third-order valence-corrected chi connectivity index (χ3v) is 3.82. The molecular formula is C15H15ClN2O2. The SMILES string of the molecule is NCC(N)(c1ccc(Cl)cc1)c1ccc2c(c1)OCO2. The number of hydrogen-bond donors (Lipinski definition) is 2. The molecule has 0 fully saturated rings. The van der Waals surface area contributed by atoms with E-state index in [9.17, 15) is 0 Å². The Bertz CT molecular complexity index is 630. The molecular weight excluding hydrogens is 276 g/mol. The zero-order chi connectivity index (χ0) is 14.2. The normalized spacial score (nSPS) is 15.9. The second-order valence-corrected chi connectivity index (χ2v) is 5.19. The third-order valence-electron chi connectivity index (χ3n) is 3.57. The smallest absolute Gasteiger partial charge is 0.231 e. The molecule has 1 aliphatic heterocycles. The lowest BCUT2D eigenvalue weighted by Crippen LogP contribution is -2.45. The largest absolute Gasteiger partial charge is 0.454 e. The molecule has 0 amide bonds. The van der Waals surface area contributed by atoms with Crippen LogP contribution in [-0.2, 0) is 5.54 Å². The Morgan fingerprint density at radius 1 is 1.00 bits per heavy atom. The quantitative estimate of drug-likeness (QED) is 0.909. The van der Waals surface area contributed by atoms with E-state index in [0.29, 0.717) is 10.8 Å². The highest BCUT2D eigenvalue weighted by Gasteiger charge is 2.30. The van der Waals surface area contributed by atoms with Gasteiger partial charge in [-0.3, -0.25) is 0 Å². The van der Waals surface area contributed by atoms with E-state index < -0.39 is 5.54 Å². The lowest BCUT2D eigenvalue weighted by molar-refractivity contribution is 0.174. The maximum Gasteiger partial charge on any atom is 0.231 e. The molecule has 0 aromatic heterocycles. The van der Waals surface area contributed by atoms with Gasteiger partial charge in [0.25, 0.3) is 0 Å². The number of ether oxygens (including phenoxy) is 2. The van der Waals surface area contributed by atoms with E-state index in [2.05, 4.69) is 0 Å². The Morgan fingerprint density at radius 2 is 1.65 bits per heavy atom. The van der Waals surface area contributed by atoms with E-state index in [4.69, 9.17) is 32.5 Å². The number of fused-ring (bicyclic) bond motifs is 1. The minimum Gasteiger partial charge on any atom is -0.454 e. The molecule has 0 bridgehead atoms. The lowest BCUT2D eigenvalue weighted by Gasteiger charge is -2.29. The number of halogens is 1. The highest BCUT2D eigenvalue weighted by molar-refractivity contribution is 6.30. The summed E-state index contributed by atoms with van der Waals surface area (Å²) in [6.45, 7) is 0.508. The van der Waals surface area contributed by atoms with Gasteiger partial charge in [-0.1, -0.05) is 29.8 Å². The van der Waals surface area contributed by atoms with Gasteiger partial charge in [0.15, 0.2) is 11.5 Å². The van der Waals surface area contributed by atoms with E-state index in [0.717, 1.165) is 16.9 Å². The second-order valence-electron chi connectivity index (χ2n) is 4.75. The van der Waals surface area contributed by atoms with Crippen molar-refractivity contribution in [3.8, 4) is 11.5 Å². The van der Waals surface area contributed by atoms with Gasteiger partial charge in [0, 0.05) is 11.6 Å². The molecule has 2 aromatic carbocycles. The monoisotopic (exact) mass is 290 g/mol. The summed E-state index contributed by atoms with van der Waals surface area (Å²) in [6, 6.07) is 13.0. The summed E-state index contributed by atoms with van der Waals surface area (Å²) in [5, 5.41) is 0.666. The number of nitrogens with two attached hydrogens (primary N) is 2. The van der Waals surface area contributed by atoms with Crippen LogP contribution in [0.25, 0.3) is 0 Å². The van der Waals surface area contributed by atoms with Crippen molar-refractivity contribution in [2.45, 2.75) is 5.54 Å². The van der Waals surface area contributed by atoms with E-state index in [1.807, 2.05) is 30.3 Å². The van der Waals surface area contributed by atoms with Crippen molar-refractivity contribution < 1.29 is 9.47 Å².